The van der Waals surface area contributed by atoms with E-state index < -0.39 is 5.92 Å². The Hall–Kier alpha value is -2.36. The van der Waals surface area contributed by atoms with E-state index in [4.69, 9.17) is 0 Å². The molecule has 19 heavy (non-hydrogen) atoms. The van der Waals surface area contributed by atoms with Gasteiger partial charge in [0.25, 0.3) is 0 Å². The van der Waals surface area contributed by atoms with Crippen LogP contribution in [-0.4, -0.2) is 21.5 Å². The van der Waals surface area contributed by atoms with Crippen molar-refractivity contribution >= 4 is 11.6 Å². The summed E-state index contributed by atoms with van der Waals surface area (Å²) in [6.45, 7) is 1.73. The average molecular weight is 254 g/mol. The second-order valence-electron chi connectivity index (χ2n) is 4.32. The van der Waals surface area contributed by atoms with E-state index in [2.05, 4.69) is 9.97 Å². The zero-order valence-corrected chi connectivity index (χ0v) is 10.6. The molecule has 1 atom stereocenters. The molecule has 1 unspecified atom stereocenters. The molecule has 0 radical (unpaired) electrons. The Morgan fingerprint density at radius 1 is 1.00 bits per heavy atom. The van der Waals surface area contributed by atoms with Gasteiger partial charge in [0.15, 0.2) is 11.6 Å². The summed E-state index contributed by atoms with van der Waals surface area (Å²) in [5.74, 6) is -0.647. The van der Waals surface area contributed by atoms with Crippen molar-refractivity contribution in [2.45, 2.75) is 13.3 Å². The predicted molar refractivity (Wildman–Crippen MR) is 70.9 cm³/mol. The topological polar surface area (TPSA) is 59.9 Å². The first-order chi connectivity index (χ1) is 9.18. The molecule has 0 fully saturated rings. The standard InChI is InChI=1S/C15H14N2O2/c1-11(15(19)13-7-3-5-9-17-13)10-14(18)12-6-2-4-8-16-12/h2-9,11H,10H2,1H3. The molecule has 4 heteroatoms. The zero-order valence-electron chi connectivity index (χ0n) is 10.6. The van der Waals surface area contributed by atoms with Gasteiger partial charge in [-0.2, -0.15) is 0 Å². The Morgan fingerprint density at radius 3 is 2.11 bits per heavy atom. The summed E-state index contributed by atoms with van der Waals surface area (Å²) in [5.41, 5.74) is 0.784. The van der Waals surface area contributed by atoms with E-state index in [1.165, 1.54) is 0 Å². The number of rotatable bonds is 5. The van der Waals surface area contributed by atoms with Crippen LogP contribution in [0, 0.1) is 5.92 Å². The van der Waals surface area contributed by atoms with Crippen LogP contribution in [0.5, 0.6) is 0 Å². The van der Waals surface area contributed by atoms with E-state index in [0.717, 1.165) is 0 Å². The Kier molecular flexibility index (Phi) is 4.13. The maximum absolute atomic E-state index is 12.1. The second kappa shape index (κ2) is 6.00. The third-order valence-electron chi connectivity index (χ3n) is 2.81. The maximum Gasteiger partial charge on any atom is 0.184 e. The zero-order chi connectivity index (χ0) is 13.7. The van der Waals surface area contributed by atoms with Gasteiger partial charge in [0.1, 0.15) is 11.4 Å². The molecule has 0 aliphatic rings. The minimum atomic E-state index is -0.399. The number of nitrogens with zero attached hydrogens (tertiary/aromatic N) is 2. The van der Waals surface area contributed by atoms with Gasteiger partial charge in [0, 0.05) is 24.7 Å². The highest BCUT2D eigenvalue weighted by Gasteiger charge is 2.20. The van der Waals surface area contributed by atoms with E-state index in [1.807, 2.05) is 0 Å². The normalized spacial score (nSPS) is 11.8. The van der Waals surface area contributed by atoms with Crippen LogP contribution in [0.15, 0.2) is 48.8 Å². The summed E-state index contributed by atoms with van der Waals surface area (Å²) in [6.07, 6.45) is 3.28. The minimum Gasteiger partial charge on any atom is -0.292 e. The molecule has 0 spiro atoms. The van der Waals surface area contributed by atoms with Gasteiger partial charge in [0.2, 0.25) is 0 Å². The van der Waals surface area contributed by atoms with Crippen LogP contribution < -0.4 is 0 Å². The van der Waals surface area contributed by atoms with Crippen molar-refractivity contribution in [3.8, 4) is 0 Å². The summed E-state index contributed by atoms with van der Waals surface area (Å²) in [5, 5.41) is 0. The molecular formula is C15H14N2O2. The van der Waals surface area contributed by atoms with Crippen LogP contribution in [0.4, 0.5) is 0 Å². The largest absolute Gasteiger partial charge is 0.292 e. The van der Waals surface area contributed by atoms with Crippen LogP contribution in [0.2, 0.25) is 0 Å². The molecule has 4 nitrogen and oxygen atoms in total. The van der Waals surface area contributed by atoms with E-state index in [0.29, 0.717) is 11.4 Å². The molecule has 2 aromatic rings. The van der Waals surface area contributed by atoms with Gasteiger partial charge in [-0.1, -0.05) is 19.1 Å². The maximum atomic E-state index is 12.1. The number of Topliss-reactive ketones (excluding diaryl/α,β-unsaturated/α-hetero) is 2. The first-order valence-electron chi connectivity index (χ1n) is 6.08. The molecule has 0 aromatic carbocycles. The SMILES string of the molecule is CC(CC(=O)c1ccccn1)C(=O)c1ccccn1. The number of ketones is 2. The Morgan fingerprint density at radius 2 is 1.58 bits per heavy atom. The highest BCUT2D eigenvalue weighted by Crippen LogP contribution is 2.13. The average Bonchev–Trinajstić information content (AvgIpc) is 2.48. The summed E-state index contributed by atoms with van der Waals surface area (Å²) in [7, 11) is 0. The number of carbonyl (C=O) groups excluding carboxylic acids is 2. The minimum absolute atomic E-state index is 0.120. The number of pyridine rings is 2. The number of hydrogen-bond donors (Lipinski definition) is 0. The van der Waals surface area contributed by atoms with Gasteiger partial charge in [0.05, 0.1) is 0 Å². The van der Waals surface area contributed by atoms with Crippen molar-refractivity contribution in [3.05, 3.63) is 60.2 Å². The van der Waals surface area contributed by atoms with Gasteiger partial charge < -0.3 is 0 Å². The first-order valence-corrected chi connectivity index (χ1v) is 6.08. The third kappa shape index (κ3) is 3.31. The Labute approximate surface area is 111 Å². The van der Waals surface area contributed by atoms with Crippen molar-refractivity contribution in [3.63, 3.8) is 0 Å². The van der Waals surface area contributed by atoms with Gasteiger partial charge in [-0.05, 0) is 24.3 Å². The van der Waals surface area contributed by atoms with Crippen molar-refractivity contribution in [2.24, 2.45) is 5.92 Å². The van der Waals surface area contributed by atoms with E-state index in [-0.39, 0.29) is 18.0 Å². The summed E-state index contributed by atoms with van der Waals surface area (Å²) in [6, 6.07) is 10.3. The lowest BCUT2D eigenvalue weighted by Crippen LogP contribution is -2.17. The number of hydrogen-bond acceptors (Lipinski definition) is 4. The summed E-state index contributed by atoms with van der Waals surface area (Å²) >= 11 is 0. The fourth-order valence-electron chi connectivity index (χ4n) is 1.76. The van der Waals surface area contributed by atoms with Crippen LogP contribution in [0.25, 0.3) is 0 Å². The highest BCUT2D eigenvalue weighted by atomic mass is 16.1. The lowest BCUT2D eigenvalue weighted by Gasteiger charge is -2.08. The molecule has 2 rings (SSSR count). The van der Waals surface area contributed by atoms with Crippen LogP contribution in [0.3, 0.4) is 0 Å². The third-order valence-corrected chi connectivity index (χ3v) is 2.81. The van der Waals surface area contributed by atoms with Gasteiger partial charge in [-0.15, -0.1) is 0 Å². The molecule has 0 aliphatic heterocycles. The monoisotopic (exact) mass is 254 g/mol. The van der Waals surface area contributed by atoms with Crippen molar-refractivity contribution in [2.75, 3.05) is 0 Å². The molecule has 2 aromatic heterocycles. The summed E-state index contributed by atoms with van der Waals surface area (Å²) in [4.78, 5) is 32.0. The van der Waals surface area contributed by atoms with E-state index >= 15 is 0 Å². The smallest absolute Gasteiger partial charge is 0.184 e. The van der Waals surface area contributed by atoms with Crippen LogP contribution >= 0.6 is 0 Å². The molecule has 0 amide bonds. The molecule has 2 heterocycles. The Bertz CT molecular complexity index is 567. The first kappa shape index (κ1) is 13.1. The molecular weight excluding hydrogens is 240 g/mol. The molecule has 96 valence electrons. The van der Waals surface area contributed by atoms with Crippen molar-refractivity contribution in [1.82, 2.24) is 9.97 Å². The fourth-order valence-corrected chi connectivity index (χ4v) is 1.76. The molecule has 0 saturated heterocycles. The molecule has 0 N–H and O–H groups in total. The van der Waals surface area contributed by atoms with Gasteiger partial charge in [-0.3, -0.25) is 19.6 Å². The lowest BCUT2D eigenvalue weighted by molar-refractivity contribution is 0.0858. The van der Waals surface area contributed by atoms with E-state index in [9.17, 15) is 9.59 Å². The van der Waals surface area contributed by atoms with Crippen LogP contribution in [0.1, 0.15) is 34.3 Å². The predicted octanol–water partition coefficient (Wildman–Crippen LogP) is 2.57. The van der Waals surface area contributed by atoms with Crippen LogP contribution in [-0.2, 0) is 0 Å². The highest BCUT2D eigenvalue weighted by molar-refractivity contribution is 6.01. The van der Waals surface area contributed by atoms with Crippen molar-refractivity contribution in [1.29, 1.82) is 0 Å². The second-order valence-corrected chi connectivity index (χ2v) is 4.32. The fraction of sp³-hybridized carbons (Fsp3) is 0.200. The van der Waals surface area contributed by atoms with Gasteiger partial charge in [-0.25, -0.2) is 0 Å². The molecule has 0 bridgehead atoms. The Balaban J connectivity index is 2.04. The lowest BCUT2D eigenvalue weighted by atomic mass is 9.96. The number of carbonyl (C=O) groups is 2. The quantitative estimate of drug-likeness (QED) is 0.769. The van der Waals surface area contributed by atoms with Crippen molar-refractivity contribution < 1.29 is 9.59 Å². The molecule has 0 aliphatic carbocycles. The van der Waals surface area contributed by atoms with Gasteiger partial charge >= 0.3 is 0 Å². The number of aromatic nitrogens is 2. The van der Waals surface area contributed by atoms with E-state index in [1.54, 1.807) is 55.7 Å². The molecule has 0 saturated carbocycles. The summed E-state index contributed by atoms with van der Waals surface area (Å²) < 4.78 is 0.